The monoisotopic (exact) mass is 291 g/mol. The minimum atomic E-state index is -0.792. The molecule has 0 heterocycles. The molecule has 1 fully saturated rings. The lowest BCUT2D eigenvalue weighted by atomic mass is 9.66. The summed E-state index contributed by atoms with van der Waals surface area (Å²) in [5.41, 5.74) is 0.677. The molecule has 0 radical (unpaired) electrons. The Hall–Kier alpha value is -2.04. The average molecular weight is 291 g/mol. The first kappa shape index (κ1) is 15.4. The van der Waals surface area contributed by atoms with Gasteiger partial charge in [-0.1, -0.05) is 18.6 Å². The van der Waals surface area contributed by atoms with Gasteiger partial charge >= 0.3 is 5.97 Å². The van der Waals surface area contributed by atoms with Crippen molar-refractivity contribution in [1.29, 1.82) is 0 Å². The first-order chi connectivity index (χ1) is 10.0. The topological polar surface area (TPSA) is 75.6 Å². The number of amides is 1. The molecular formula is C16H21NO4. The second-order valence-electron chi connectivity index (χ2n) is 5.73. The SMILES string of the molecule is COc1ccc(CC(=O)NCC2(CC(=O)O)CCC2)cc1. The predicted molar refractivity (Wildman–Crippen MR) is 78.2 cm³/mol. The Kier molecular flexibility index (Phi) is 4.83. The van der Waals surface area contributed by atoms with E-state index in [2.05, 4.69) is 5.32 Å². The van der Waals surface area contributed by atoms with Gasteiger partial charge in [0.15, 0.2) is 0 Å². The van der Waals surface area contributed by atoms with Gasteiger partial charge in [0, 0.05) is 6.54 Å². The maximum Gasteiger partial charge on any atom is 0.303 e. The number of nitrogens with one attached hydrogen (secondary N) is 1. The van der Waals surface area contributed by atoms with Gasteiger partial charge in [-0.2, -0.15) is 0 Å². The van der Waals surface area contributed by atoms with Crippen LogP contribution in [0, 0.1) is 5.41 Å². The molecular weight excluding hydrogens is 270 g/mol. The van der Waals surface area contributed by atoms with Crippen molar-refractivity contribution in [2.24, 2.45) is 5.41 Å². The van der Waals surface area contributed by atoms with Crippen LogP contribution in [0.15, 0.2) is 24.3 Å². The molecule has 1 aromatic carbocycles. The maximum absolute atomic E-state index is 11.9. The molecule has 1 saturated carbocycles. The van der Waals surface area contributed by atoms with Gasteiger partial charge in [-0.15, -0.1) is 0 Å². The lowest BCUT2D eigenvalue weighted by molar-refractivity contribution is -0.141. The minimum absolute atomic E-state index is 0.0724. The second-order valence-corrected chi connectivity index (χ2v) is 5.73. The third-order valence-corrected chi connectivity index (χ3v) is 4.12. The quantitative estimate of drug-likeness (QED) is 0.805. The molecule has 5 nitrogen and oxygen atoms in total. The van der Waals surface area contributed by atoms with E-state index < -0.39 is 5.97 Å². The Morgan fingerprint density at radius 2 is 1.95 bits per heavy atom. The number of rotatable bonds is 7. The summed E-state index contributed by atoms with van der Waals surface area (Å²) in [7, 11) is 1.60. The third kappa shape index (κ3) is 4.21. The van der Waals surface area contributed by atoms with Crippen molar-refractivity contribution in [3.8, 4) is 5.75 Å². The Labute approximate surface area is 124 Å². The largest absolute Gasteiger partial charge is 0.497 e. The number of carboxylic acids is 1. The van der Waals surface area contributed by atoms with E-state index in [0.29, 0.717) is 13.0 Å². The number of hydrogen-bond donors (Lipinski definition) is 2. The molecule has 1 aliphatic rings. The normalized spacial score (nSPS) is 15.9. The zero-order valence-corrected chi connectivity index (χ0v) is 12.2. The number of benzene rings is 1. The summed E-state index contributed by atoms with van der Waals surface area (Å²) in [6, 6.07) is 7.35. The van der Waals surface area contributed by atoms with Crippen LogP contribution < -0.4 is 10.1 Å². The van der Waals surface area contributed by atoms with Crippen LogP contribution in [0.1, 0.15) is 31.2 Å². The highest BCUT2D eigenvalue weighted by Crippen LogP contribution is 2.43. The number of methoxy groups -OCH3 is 1. The minimum Gasteiger partial charge on any atom is -0.497 e. The van der Waals surface area contributed by atoms with Gasteiger partial charge in [-0.25, -0.2) is 0 Å². The number of hydrogen-bond acceptors (Lipinski definition) is 3. The van der Waals surface area contributed by atoms with E-state index >= 15 is 0 Å². The molecule has 1 amide bonds. The molecule has 0 saturated heterocycles. The lowest BCUT2D eigenvalue weighted by Crippen LogP contribution is -2.43. The summed E-state index contributed by atoms with van der Waals surface area (Å²) in [5, 5.41) is 11.8. The highest BCUT2D eigenvalue weighted by atomic mass is 16.5. The molecule has 2 N–H and O–H groups in total. The van der Waals surface area contributed by atoms with E-state index in [-0.39, 0.29) is 17.7 Å². The molecule has 2 rings (SSSR count). The molecule has 0 aliphatic heterocycles. The molecule has 5 heteroatoms. The van der Waals surface area contributed by atoms with Crippen molar-refractivity contribution in [3.63, 3.8) is 0 Å². The Morgan fingerprint density at radius 3 is 2.43 bits per heavy atom. The molecule has 1 aromatic rings. The van der Waals surface area contributed by atoms with E-state index in [1.807, 2.05) is 24.3 Å². The molecule has 21 heavy (non-hydrogen) atoms. The highest BCUT2D eigenvalue weighted by Gasteiger charge is 2.39. The van der Waals surface area contributed by atoms with E-state index in [4.69, 9.17) is 9.84 Å². The molecule has 1 aliphatic carbocycles. The van der Waals surface area contributed by atoms with Crippen LogP contribution in [0.25, 0.3) is 0 Å². The van der Waals surface area contributed by atoms with Crippen molar-refractivity contribution in [3.05, 3.63) is 29.8 Å². The summed E-state index contributed by atoms with van der Waals surface area (Å²) in [5.74, 6) is -0.107. The lowest BCUT2D eigenvalue weighted by Gasteiger charge is -2.40. The van der Waals surface area contributed by atoms with Crippen LogP contribution in [0.4, 0.5) is 0 Å². The number of ether oxygens (including phenoxy) is 1. The average Bonchev–Trinajstić information content (AvgIpc) is 2.42. The van der Waals surface area contributed by atoms with Crippen LogP contribution in [0.5, 0.6) is 5.75 Å². The fourth-order valence-corrected chi connectivity index (χ4v) is 2.69. The number of carboxylic acid groups (broad SMARTS) is 1. The van der Waals surface area contributed by atoms with Gasteiger partial charge in [0.25, 0.3) is 0 Å². The van der Waals surface area contributed by atoms with Crippen LogP contribution in [0.2, 0.25) is 0 Å². The van der Waals surface area contributed by atoms with Crippen LogP contribution in [-0.2, 0) is 16.0 Å². The smallest absolute Gasteiger partial charge is 0.303 e. The molecule has 0 bridgehead atoms. The van der Waals surface area contributed by atoms with E-state index in [1.54, 1.807) is 7.11 Å². The summed E-state index contributed by atoms with van der Waals surface area (Å²) >= 11 is 0. The maximum atomic E-state index is 11.9. The Bertz CT molecular complexity index is 506. The van der Waals surface area contributed by atoms with Crippen molar-refractivity contribution in [1.82, 2.24) is 5.32 Å². The van der Waals surface area contributed by atoms with E-state index in [1.165, 1.54) is 0 Å². The van der Waals surface area contributed by atoms with Gasteiger partial charge in [0.05, 0.1) is 20.0 Å². The predicted octanol–water partition coefficient (Wildman–Crippen LogP) is 2.00. The molecule has 0 atom stereocenters. The van der Waals surface area contributed by atoms with Gasteiger partial charge in [0.2, 0.25) is 5.91 Å². The van der Waals surface area contributed by atoms with Crippen molar-refractivity contribution < 1.29 is 19.4 Å². The van der Waals surface area contributed by atoms with Crippen LogP contribution in [-0.4, -0.2) is 30.6 Å². The summed E-state index contributed by atoms with van der Waals surface area (Å²) < 4.78 is 5.07. The zero-order valence-electron chi connectivity index (χ0n) is 12.2. The highest BCUT2D eigenvalue weighted by molar-refractivity contribution is 5.78. The fraction of sp³-hybridized carbons (Fsp3) is 0.500. The third-order valence-electron chi connectivity index (χ3n) is 4.12. The van der Waals surface area contributed by atoms with E-state index in [9.17, 15) is 9.59 Å². The van der Waals surface area contributed by atoms with Crippen LogP contribution >= 0.6 is 0 Å². The van der Waals surface area contributed by atoms with Crippen molar-refractivity contribution in [2.75, 3.05) is 13.7 Å². The first-order valence-corrected chi connectivity index (χ1v) is 7.14. The Morgan fingerprint density at radius 1 is 1.29 bits per heavy atom. The standard InChI is InChI=1S/C16H21NO4/c1-21-13-5-3-12(4-6-13)9-14(18)17-11-16(7-2-8-16)10-15(19)20/h3-6H,2,7-11H2,1H3,(H,17,18)(H,19,20). The second kappa shape index (κ2) is 6.61. The van der Waals surface area contributed by atoms with Gasteiger partial charge < -0.3 is 15.2 Å². The van der Waals surface area contributed by atoms with Gasteiger partial charge in [0.1, 0.15) is 5.75 Å². The summed E-state index contributed by atoms with van der Waals surface area (Å²) in [6.45, 7) is 0.453. The summed E-state index contributed by atoms with van der Waals surface area (Å²) in [4.78, 5) is 22.8. The fourth-order valence-electron chi connectivity index (χ4n) is 2.69. The van der Waals surface area contributed by atoms with Gasteiger partial charge in [-0.05, 0) is 36.0 Å². The zero-order chi connectivity index (χ0) is 15.3. The van der Waals surface area contributed by atoms with E-state index in [0.717, 1.165) is 30.6 Å². The van der Waals surface area contributed by atoms with Gasteiger partial charge in [-0.3, -0.25) is 9.59 Å². The Balaban J connectivity index is 1.82. The number of aliphatic carboxylic acids is 1. The van der Waals surface area contributed by atoms with Crippen molar-refractivity contribution >= 4 is 11.9 Å². The summed E-state index contributed by atoms with van der Waals surface area (Å²) in [6.07, 6.45) is 3.23. The molecule has 0 spiro atoms. The number of carbonyl (C=O) groups is 2. The number of carbonyl (C=O) groups excluding carboxylic acids is 1. The molecule has 0 aromatic heterocycles. The van der Waals surface area contributed by atoms with Crippen LogP contribution in [0.3, 0.4) is 0 Å². The van der Waals surface area contributed by atoms with Crippen molar-refractivity contribution in [2.45, 2.75) is 32.1 Å². The molecule has 0 unspecified atom stereocenters. The molecule has 114 valence electrons. The first-order valence-electron chi connectivity index (χ1n) is 7.14.